The summed E-state index contributed by atoms with van der Waals surface area (Å²) in [6.07, 6.45) is 3.15. The van der Waals surface area contributed by atoms with Crippen molar-refractivity contribution in [3.8, 4) is 0 Å². The first-order chi connectivity index (χ1) is 7.70. The van der Waals surface area contributed by atoms with E-state index in [0.29, 0.717) is 17.5 Å². The minimum Gasteiger partial charge on any atom is -0.326 e. The number of anilines is 1. The largest absolute Gasteiger partial charge is 0.326 e. The molecule has 0 bridgehead atoms. The number of nitrogens with one attached hydrogen (secondary N) is 1. The number of carbonyl (C=O) groups excluding carboxylic acids is 1. The van der Waals surface area contributed by atoms with Crippen molar-refractivity contribution in [3.63, 3.8) is 0 Å². The van der Waals surface area contributed by atoms with Crippen LogP contribution in [0.3, 0.4) is 0 Å². The maximum Gasteiger partial charge on any atom is 0.224 e. The molecule has 16 heavy (non-hydrogen) atoms. The van der Waals surface area contributed by atoms with E-state index in [1.807, 2.05) is 0 Å². The molecular formula is C12H11FN2O. The van der Waals surface area contributed by atoms with Gasteiger partial charge >= 0.3 is 0 Å². The lowest BCUT2D eigenvalue weighted by atomic mass is 10.1. The van der Waals surface area contributed by atoms with Gasteiger partial charge in [-0.15, -0.1) is 0 Å². The topological polar surface area (TPSA) is 42.0 Å². The molecule has 1 aromatic carbocycles. The van der Waals surface area contributed by atoms with E-state index < -0.39 is 0 Å². The number of hydrogen-bond donors (Lipinski definition) is 1. The second kappa shape index (κ2) is 4.26. The molecule has 0 radical (unpaired) electrons. The Labute approximate surface area is 92.3 Å². The van der Waals surface area contributed by atoms with Crippen molar-refractivity contribution in [2.75, 3.05) is 5.32 Å². The summed E-state index contributed by atoms with van der Waals surface area (Å²) in [6.45, 7) is 1.76. The van der Waals surface area contributed by atoms with E-state index in [1.165, 1.54) is 0 Å². The van der Waals surface area contributed by atoms with Crippen molar-refractivity contribution < 1.29 is 9.18 Å². The number of halogens is 1. The normalized spacial score (nSPS) is 10.4. The first kappa shape index (κ1) is 10.5. The third-order valence-electron chi connectivity index (χ3n) is 2.32. The van der Waals surface area contributed by atoms with Crippen molar-refractivity contribution >= 4 is 22.4 Å². The molecule has 0 aliphatic heterocycles. The molecule has 0 atom stereocenters. The van der Waals surface area contributed by atoms with Crippen molar-refractivity contribution in [2.45, 2.75) is 13.3 Å². The second-order valence-electron chi connectivity index (χ2n) is 3.46. The van der Waals surface area contributed by atoms with E-state index in [1.54, 1.807) is 31.3 Å². The fourth-order valence-electron chi connectivity index (χ4n) is 1.46. The van der Waals surface area contributed by atoms with Crippen molar-refractivity contribution in [1.82, 2.24) is 4.98 Å². The van der Waals surface area contributed by atoms with E-state index in [2.05, 4.69) is 10.3 Å². The number of carbonyl (C=O) groups is 1. The van der Waals surface area contributed by atoms with Crippen LogP contribution in [-0.2, 0) is 4.79 Å². The zero-order valence-corrected chi connectivity index (χ0v) is 8.83. The van der Waals surface area contributed by atoms with Gasteiger partial charge in [0.1, 0.15) is 5.82 Å². The van der Waals surface area contributed by atoms with Gasteiger partial charge in [0, 0.05) is 29.1 Å². The Balaban J connectivity index is 2.43. The predicted octanol–water partition coefficient (Wildman–Crippen LogP) is 2.72. The van der Waals surface area contributed by atoms with Crippen LogP contribution in [0.25, 0.3) is 10.8 Å². The minimum absolute atomic E-state index is 0.0891. The van der Waals surface area contributed by atoms with Gasteiger partial charge in [0.05, 0.1) is 6.20 Å². The summed E-state index contributed by atoms with van der Waals surface area (Å²) in [6, 6.07) is 5.08. The lowest BCUT2D eigenvalue weighted by molar-refractivity contribution is -0.115. The summed E-state index contributed by atoms with van der Waals surface area (Å²) in [5.41, 5.74) is 0.601. The first-order valence-corrected chi connectivity index (χ1v) is 5.04. The molecule has 1 aromatic heterocycles. The number of pyridine rings is 1. The Morgan fingerprint density at radius 3 is 3.00 bits per heavy atom. The molecule has 0 unspecified atom stereocenters. The van der Waals surface area contributed by atoms with Crippen LogP contribution in [0.15, 0.2) is 30.6 Å². The minimum atomic E-state index is -0.384. The number of benzene rings is 1. The fraction of sp³-hybridized carbons (Fsp3) is 0.167. The molecule has 2 aromatic rings. The van der Waals surface area contributed by atoms with Gasteiger partial charge in [0.25, 0.3) is 0 Å². The summed E-state index contributed by atoms with van der Waals surface area (Å²) >= 11 is 0. The SMILES string of the molecule is CCC(=O)Nc1ccc2cncc(F)c2c1. The van der Waals surface area contributed by atoms with Gasteiger partial charge in [-0.2, -0.15) is 0 Å². The number of rotatable bonds is 2. The van der Waals surface area contributed by atoms with E-state index in [0.717, 1.165) is 11.6 Å². The lowest BCUT2D eigenvalue weighted by Gasteiger charge is -2.05. The smallest absolute Gasteiger partial charge is 0.224 e. The molecule has 1 heterocycles. The number of fused-ring (bicyclic) bond motifs is 1. The molecule has 82 valence electrons. The van der Waals surface area contributed by atoms with Gasteiger partial charge in [0.2, 0.25) is 5.91 Å². The molecule has 0 aliphatic rings. The highest BCUT2D eigenvalue weighted by Crippen LogP contribution is 2.20. The Morgan fingerprint density at radius 2 is 2.25 bits per heavy atom. The number of amides is 1. The van der Waals surface area contributed by atoms with E-state index in [9.17, 15) is 9.18 Å². The average molecular weight is 218 g/mol. The molecule has 1 amide bonds. The molecule has 3 nitrogen and oxygen atoms in total. The monoisotopic (exact) mass is 218 g/mol. The summed E-state index contributed by atoms with van der Waals surface area (Å²) in [5, 5.41) is 3.86. The second-order valence-corrected chi connectivity index (χ2v) is 3.46. The molecule has 1 N–H and O–H groups in total. The van der Waals surface area contributed by atoms with Gasteiger partial charge in [-0.25, -0.2) is 4.39 Å². The highest BCUT2D eigenvalue weighted by Gasteiger charge is 2.03. The van der Waals surface area contributed by atoms with Crippen LogP contribution >= 0.6 is 0 Å². The van der Waals surface area contributed by atoms with Gasteiger partial charge in [0.15, 0.2) is 0 Å². The quantitative estimate of drug-likeness (QED) is 0.842. The Hall–Kier alpha value is -1.97. The van der Waals surface area contributed by atoms with Crippen LogP contribution in [0.4, 0.5) is 10.1 Å². The van der Waals surface area contributed by atoms with Crippen LogP contribution < -0.4 is 5.32 Å². The summed E-state index contributed by atoms with van der Waals surface area (Å²) in [7, 11) is 0. The summed E-state index contributed by atoms with van der Waals surface area (Å²) < 4.78 is 13.4. The Kier molecular flexibility index (Phi) is 2.81. The third-order valence-corrected chi connectivity index (χ3v) is 2.32. The zero-order chi connectivity index (χ0) is 11.5. The Morgan fingerprint density at radius 1 is 1.44 bits per heavy atom. The lowest BCUT2D eigenvalue weighted by Crippen LogP contribution is -2.09. The molecule has 2 rings (SSSR count). The average Bonchev–Trinajstić information content (AvgIpc) is 2.30. The van der Waals surface area contributed by atoms with Crippen LogP contribution in [0.1, 0.15) is 13.3 Å². The summed E-state index contributed by atoms with van der Waals surface area (Å²) in [5.74, 6) is -0.473. The predicted molar refractivity (Wildman–Crippen MR) is 60.6 cm³/mol. The van der Waals surface area contributed by atoms with E-state index in [4.69, 9.17) is 0 Å². The first-order valence-electron chi connectivity index (χ1n) is 5.04. The molecule has 0 aliphatic carbocycles. The highest BCUT2D eigenvalue weighted by atomic mass is 19.1. The van der Waals surface area contributed by atoms with Crippen molar-refractivity contribution in [2.24, 2.45) is 0 Å². The number of nitrogens with zero attached hydrogens (tertiary/aromatic N) is 1. The van der Waals surface area contributed by atoms with Crippen molar-refractivity contribution in [1.29, 1.82) is 0 Å². The molecular weight excluding hydrogens is 207 g/mol. The molecule has 0 fully saturated rings. The number of hydrogen-bond acceptors (Lipinski definition) is 2. The molecule has 0 spiro atoms. The van der Waals surface area contributed by atoms with Gasteiger partial charge in [-0.05, 0) is 12.1 Å². The molecule has 0 saturated heterocycles. The van der Waals surface area contributed by atoms with Crippen LogP contribution in [-0.4, -0.2) is 10.9 Å². The van der Waals surface area contributed by atoms with Gasteiger partial charge in [-0.3, -0.25) is 9.78 Å². The zero-order valence-electron chi connectivity index (χ0n) is 8.83. The highest BCUT2D eigenvalue weighted by molar-refractivity contribution is 5.94. The Bertz CT molecular complexity index is 540. The number of aromatic nitrogens is 1. The van der Waals surface area contributed by atoms with E-state index >= 15 is 0 Å². The fourth-order valence-corrected chi connectivity index (χ4v) is 1.46. The molecule has 4 heteroatoms. The third kappa shape index (κ3) is 2.00. The van der Waals surface area contributed by atoms with E-state index in [-0.39, 0.29) is 11.7 Å². The summed E-state index contributed by atoms with van der Waals surface area (Å²) in [4.78, 5) is 14.9. The van der Waals surface area contributed by atoms with Gasteiger partial charge in [-0.1, -0.05) is 13.0 Å². The van der Waals surface area contributed by atoms with Crippen LogP contribution in [0, 0.1) is 5.82 Å². The van der Waals surface area contributed by atoms with Gasteiger partial charge < -0.3 is 5.32 Å². The van der Waals surface area contributed by atoms with Crippen LogP contribution in [0.2, 0.25) is 0 Å². The van der Waals surface area contributed by atoms with Crippen LogP contribution in [0.5, 0.6) is 0 Å². The molecule has 0 saturated carbocycles. The van der Waals surface area contributed by atoms with Crippen molar-refractivity contribution in [3.05, 3.63) is 36.4 Å². The maximum absolute atomic E-state index is 13.4. The maximum atomic E-state index is 13.4. The standard InChI is InChI=1S/C12H11FN2O/c1-2-12(16)15-9-4-3-8-6-14-7-11(13)10(8)5-9/h3-7H,2H2,1H3,(H,15,16).